The minimum atomic E-state index is -0.362. The monoisotopic (exact) mass is 248 g/mol. The van der Waals surface area contributed by atoms with Crippen LogP contribution < -0.4 is 5.32 Å². The van der Waals surface area contributed by atoms with Crippen LogP contribution >= 0.6 is 0 Å². The molecule has 18 heavy (non-hydrogen) atoms. The summed E-state index contributed by atoms with van der Waals surface area (Å²) in [6.07, 6.45) is 1.92. The van der Waals surface area contributed by atoms with Gasteiger partial charge < -0.3 is 15.0 Å². The summed E-state index contributed by atoms with van der Waals surface area (Å²) in [5.74, 6) is -0.362. The number of nitrogens with one attached hydrogen (secondary N) is 2. The summed E-state index contributed by atoms with van der Waals surface area (Å²) in [4.78, 5) is 14.3. The van der Waals surface area contributed by atoms with Crippen LogP contribution in [-0.4, -0.2) is 27.8 Å². The maximum absolute atomic E-state index is 11.3. The minimum Gasteiger partial charge on any atom is -0.464 e. The number of nitrogens with zero attached hydrogens (tertiary/aromatic N) is 2. The molecule has 0 aliphatic rings. The Bertz CT molecular complexity index is 556. The van der Waals surface area contributed by atoms with E-state index in [2.05, 4.69) is 20.1 Å². The zero-order chi connectivity index (χ0) is 13.1. The van der Waals surface area contributed by atoms with Gasteiger partial charge in [-0.15, -0.1) is 0 Å². The summed E-state index contributed by atoms with van der Waals surface area (Å²) < 4.78 is 6.39. The Kier molecular flexibility index (Phi) is 3.36. The number of esters is 1. The molecule has 2 heterocycles. The first-order chi connectivity index (χ1) is 8.60. The molecule has 0 saturated carbocycles. The molecular weight excluding hydrogens is 232 g/mol. The summed E-state index contributed by atoms with van der Waals surface area (Å²) in [6.45, 7) is 2.54. The standard InChI is InChI=1S/C12H16N4O2/c1-8-11(7-16(2)15-8)13-6-9-4-5-10(14-9)12(17)18-3/h4-5,7,13-14H,6H2,1-3H3. The van der Waals surface area contributed by atoms with E-state index in [1.807, 2.05) is 26.2 Å². The Labute approximate surface area is 105 Å². The fraction of sp³-hybridized carbons (Fsp3) is 0.333. The van der Waals surface area contributed by atoms with Crippen LogP contribution in [0.5, 0.6) is 0 Å². The first-order valence-corrected chi connectivity index (χ1v) is 5.60. The molecule has 2 aromatic rings. The Morgan fingerprint density at radius 3 is 2.94 bits per heavy atom. The molecule has 0 saturated heterocycles. The highest BCUT2D eigenvalue weighted by Crippen LogP contribution is 2.13. The second-order valence-corrected chi connectivity index (χ2v) is 4.04. The van der Waals surface area contributed by atoms with Gasteiger partial charge in [0.2, 0.25) is 0 Å². The molecule has 0 bridgehead atoms. The molecule has 2 N–H and O–H groups in total. The fourth-order valence-corrected chi connectivity index (χ4v) is 1.74. The highest BCUT2D eigenvalue weighted by Gasteiger charge is 2.08. The predicted octanol–water partition coefficient (Wildman–Crippen LogP) is 1.46. The van der Waals surface area contributed by atoms with Gasteiger partial charge in [-0.3, -0.25) is 4.68 Å². The zero-order valence-electron chi connectivity index (χ0n) is 10.7. The third-order valence-electron chi connectivity index (χ3n) is 2.63. The second-order valence-electron chi connectivity index (χ2n) is 4.04. The summed E-state index contributed by atoms with van der Waals surface area (Å²) in [6, 6.07) is 3.56. The zero-order valence-corrected chi connectivity index (χ0v) is 10.7. The van der Waals surface area contributed by atoms with Crippen molar-refractivity contribution in [1.29, 1.82) is 0 Å². The molecule has 6 heteroatoms. The van der Waals surface area contributed by atoms with Crippen molar-refractivity contribution in [3.05, 3.63) is 35.4 Å². The third kappa shape index (κ3) is 2.53. The topological polar surface area (TPSA) is 71.9 Å². The molecule has 0 aliphatic heterocycles. The number of methoxy groups -OCH3 is 1. The number of aromatic nitrogens is 3. The lowest BCUT2D eigenvalue weighted by Gasteiger charge is -2.02. The molecule has 0 aromatic carbocycles. The molecule has 0 aliphatic carbocycles. The predicted molar refractivity (Wildman–Crippen MR) is 67.4 cm³/mol. The van der Waals surface area contributed by atoms with Gasteiger partial charge in [0, 0.05) is 18.9 Å². The number of aryl methyl sites for hydroxylation is 2. The average Bonchev–Trinajstić information content (AvgIpc) is 2.92. The lowest BCUT2D eigenvalue weighted by atomic mass is 10.3. The Hall–Kier alpha value is -2.24. The molecule has 96 valence electrons. The van der Waals surface area contributed by atoms with Gasteiger partial charge in [0.1, 0.15) is 5.69 Å². The highest BCUT2D eigenvalue weighted by molar-refractivity contribution is 5.87. The molecule has 2 aromatic heterocycles. The SMILES string of the molecule is COC(=O)c1ccc(CNc2cn(C)nc2C)[nH]1. The second kappa shape index (κ2) is 4.95. The van der Waals surface area contributed by atoms with Gasteiger partial charge >= 0.3 is 5.97 Å². The van der Waals surface area contributed by atoms with E-state index in [0.717, 1.165) is 17.1 Å². The largest absolute Gasteiger partial charge is 0.464 e. The fourth-order valence-electron chi connectivity index (χ4n) is 1.74. The molecule has 0 spiro atoms. The number of H-pyrrole nitrogens is 1. The number of ether oxygens (including phenoxy) is 1. The van der Waals surface area contributed by atoms with Crippen LogP contribution in [0.2, 0.25) is 0 Å². The van der Waals surface area contributed by atoms with Crippen LogP contribution in [0.3, 0.4) is 0 Å². The molecule has 0 fully saturated rings. The van der Waals surface area contributed by atoms with Crippen molar-refractivity contribution in [2.75, 3.05) is 12.4 Å². The van der Waals surface area contributed by atoms with Gasteiger partial charge in [0.05, 0.1) is 25.0 Å². The van der Waals surface area contributed by atoms with E-state index >= 15 is 0 Å². The molecule has 0 radical (unpaired) electrons. The molecular formula is C12H16N4O2. The van der Waals surface area contributed by atoms with Gasteiger partial charge in [0.15, 0.2) is 0 Å². The summed E-state index contributed by atoms with van der Waals surface area (Å²) in [7, 11) is 3.24. The maximum atomic E-state index is 11.3. The molecule has 6 nitrogen and oxygen atoms in total. The lowest BCUT2D eigenvalue weighted by molar-refractivity contribution is 0.0594. The van der Waals surface area contributed by atoms with Crippen LogP contribution in [-0.2, 0) is 18.3 Å². The van der Waals surface area contributed by atoms with Crippen molar-refractivity contribution in [3.63, 3.8) is 0 Å². The maximum Gasteiger partial charge on any atom is 0.354 e. The van der Waals surface area contributed by atoms with Crippen molar-refractivity contribution in [1.82, 2.24) is 14.8 Å². The van der Waals surface area contributed by atoms with Crippen molar-refractivity contribution >= 4 is 11.7 Å². The number of carbonyl (C=O) groups excluding carboxylic acids is 1. The number of rotatable bonds is 4. The Morgan fingerprint density at radius 2 is 2.33 bits per heavy atom. The van der Waals surface area contributed by atoms with E-state index in [0.29, 0.717) is 12.2 Å². The number of aromatic amines is 1. The summed E-state index contributed by atoms with van der Waals surface area (Å²) >= 11 is 0. The molecule has 0 amide bonds. The normalized spacial score (nSPS) is 10.4. The van der Waals surface area contributed by atoms with E-state index in [-0.39, 0.29) is 5.97 Å². The van der Waals surface area contributed by atoms with Crippen LogP contribution in [0.25, 0.3) is 0 Å². The Morgan fingerprint density at radius 1 is 1.56 bits per heavy atom. The van der Waals surface area contributed by atoms with Gasteiger partial charge in [-0.05, 0) is 19.1 Å². The lowest BCUT2D eigenvalue weighted by Crippen LogP contribution is -2.03. The van der Waals surface area contributed by atoms with Gasteiger partial charge in [-0.2, -0.15) is 5.10 Å². The van der Waals surface area contributed by atoms with Crippen LogP contribution in [0, 0.1) is 6.92 Å². The van der Waals surface area contributed by atoms with Crippen molar-refractivity contribution in [3.8, 4) is 0 Å². The summed E-state index contributed by atoms with van der Waals surface area (Å²) in [5, 5.41) is 7.49. The third-order valence-corrected chi connectivity index (χ3v) is 2.63. The number of carbonyl (C=O) groups is 1. The van der Waals surface area contributed by atoms with Gasteiger partial charge in [0.25, 0.3) is 0 Å². The van der Waals surface area contributed by atoms with Crippen LogP contribution in [0.15, 0.2) is 18.3 Å². The van der Waals surface area contributed by atoms with Crippen molar-refractivity contribution < 1.29 is 9.53 Å². The summed E-state index contributed by atoms with van der Waals surface area (Å²) in [5.41, 5.74) is 3.29. The number of anilines is 1. The molecule has 0 atom stereocenters. The van der Waals surface area contributed by atoms with E-state index in [1.54, 1.807) is 10.7 Å². The van der Waals surface area contributed by atoms with E-state index in [1.165, 1.54) is 7.11 Å². The van der Waals surface area contributed by atoms with E-state index < -0.39 is 0 Å². The van der Waals surface area contributed by atoms with Crippen molar-refractivity contribution in [2.45, 2.75) is 13.5 Å². The average molecular weight is 248 g/mol. The number of hydrogen-bond acceptors (Lipinski definition) is 4. The number of hydrogen-bond donors (Lipinski definition) is 2. The van der Waals surface area contributed by atoms with E-state index in [9.17, 15) is 4.79 Å². The van der Waals surface area contributed by atoms with Crippen molar-refractivity contribution in [2.24, 2.45) is 7.05 Å². The first kappa shape index (κ1) is 12.2. The van der Waals surface area contributed by atoms with E-state index in [4.69, 9.17) is 0 Å². The molecule has 0 unspecified atom stereocenters. The minimum absolute atomic E-state index is 0.362. The Balaban J connectivity index is 2.00. The van der Waals surface area contributed by atoms with Gasteiger partial charge in [-0.1, -0.05) is 0 Å². The smallest absolute Gasteiger partial charge is 0.354 e. The quantitative estimate of drug-likeness (QED) is 0.803. The van der Waals surface area contributed by atoms with Gasteiger partial charge in [-0.25, -0.2) is 4.79 Å². The molecule has 2 rings (SSSR count). The highest BCUT2D eigenvalue weighted by atomic mass is 16.5. The van der Waals surface area contributed by atoms with Crippen LogP contribution in [0.1, 0.15) is 21.9 Å². The van der Waals surface area contributed by atoms with Crippen LogP contribution in [0.4, 0.5) is 5.69 Å². The first-order valence-electron chi connectivity index (χ1n) is 5.60.